The fraction of sp³-hybridized carbons (Fsp3) is 0.478. The fourth-order valence-corrected chi connectivity index (χ4v) is 4.51. The van der Waals surface area contributed by atoms with Crippen LogP contribution in [0, 0.1) is 0 Å². The van der Waals surface area contributed by atoms with E-state index in [0.717, 1.165) is 23.4 Å². The van der Waals surface area contributed by atoms with Crippen LogP contribution in [-0.4, -0.2) is 40.8 Å². The van der Waals surface area contributed by atoms with E-state index < -0.39 is 18.1 Å². The first-order chi connectivity index (χ1) is 14.5. The zero-order valence-electron chi connectivity index (χ0n) is 17.3. The van der Waals surface area contributed by atoms with Gasteiger partial charge < -0.3 is 19.8 Å². The highest BCUT2D eigenvalue weighted by atomic mass is 32.1. The summed E-state index contributed by atoms with van der Waals surface area (Å²) in [6, 6.07) is 10.8. The molecule has 1 unspecified atom stereocenters. The molecule has 2 atom stereocenters. The van der Waals surface area contributed by atoms with E-state index in [1.807, 2.05) is 12.1 Å². The number of nitrogens with zero attached hydrogens (tertiary/aromatic N) is 1. The minimum Gasteiger partial charge on any atom is -0.477 e. The summed E-state index contributed by atoms with van der Waals surface area (Å²) >= 11 is 1.17. The van der Waals surface area contributed by atoms with Crippen molar-refractivity contribution in [2.45, 2.75) is 64.2 Å². The molecule has 1 amide bonds. The number of carboxylic acids is 1. The molecular formula is C23H29NO5S. The number of aromatic carboxylic acids is 1. The molecule has 1 fully saturated rings. The smallest absolute Gasteiger partial charge is 0.345 e. The summed E-state index contributed by atoms with van der Waals surface area (Å²) in [5, 5.41) is 19.4. The molecule has 3 rings (SSSR count). The highest BCUT2D eigenvalue weighted by Crippen LogP contribution is 2.28. The van der Waals surface area contributed by atoms with Gasteiger partial charge in [-0.05, 0) is 42.7 Å². The van der Waals surface area contributed by atoms with Gasteiger partial charge in [-0.25, -0.2) is 4.79 Å². The van der Waals surface area contributed by atoms with Crippen LogP contribution in [0.1, 0.15) is 59.1 Å². The van der Waals surface area contributed by atoms with E-state index >= 15 is 0 Å². The summed E-state index contributed by atoms with van der Waals surface area (Å²) in [6.07, 6.45) is 5.18. The number of rotatable bonds is 11. The number of thiophene rings is 1. The van der Waals surface area contributed by atoms with Gasteiger partial charge in [-0.1, -0.05) is 38.3 Å². The van der Waals surface area contributed by atoms with Gasteiger partial charge in [0, 0.05) is 10.6 Å². The number of aliphatic hydroxyl groups excluding tert-OH is 1. The van der Waals surface area contributed by atoms with Gasteiger partial charge in [0.2, 0.25) is 5.91 Å². The molecule has 1 aromatic carbocycles. The van der Waals surface area contributed by atoms with Crippen molar-refractivity contribution >= 4 is 28.9 Å². The second-order valence-corrected chi connectivity index (χ2v) is 8.83. The third kappa shape index (κ3) is 5.68. The van der Waals surface area contributed by atoms with Gasteiger partial charge in [0.05, 0.1) is 31.8 Å². The van der Waals surface area contributed by atoms with E-state index in [0.29, 0.717) is 0 Å². The van der Waals surface area contributed by atoms with Gasteiger partial charge in [0.1, 0.15) is 4.88 Å². The zero-order chi connectivity index (χ0) is 21.5. The highest BCUT2D eigenvalue weighted by Gasteiger charge is 2.39. The molecule has 0 aliphatic carbocycles. The number of unbranched alkanes of at least 4 members (excludes halogenated alkanes) is 3. The van der Waals surface area contributed by atoms with E-state index in [4.69, 9.17) is 9.84 Å². The lowest BCUT2D eigenvalue weighted by atomic mass is 10.1. The number of benzene rings is 1. The van der Waals surface area contributed by atoms with Crippen molar-refractivity contribution < 1.29 is 24.5 Å². The van der Waals surface area contributed by atoms with Gasteiger partial charge in [-0.3, -0.25) is 4.79 Å². The largest absolute Gasteiger partial charge is 0.477 e. The van der Waals surface area contributed by atoms with Crippen molar-refractivity contribution in [3.8, 4) is 0 Å². The topological polar surface area (TPSA) is 87.1 Å². The van der Waals surface area contributed by atoms with Crippen molar-refractivity contribution in [2.75, 3.05) is 11.5 Å². The lowest BCUT2D eigenvalue weighted by molar-refractivity contribution is -0.117. The van der Waals surface area contributed by atoms with Crippen molar-refractivity contribution in [3.05, 3.63) is 51.7 Å². The Morgan fingerprint density at radius 1 is 1.17 bits per heavy atom. The summed E-state index contributed by atoms with van der Waals surface area (Å²) in [6.45, 7) is 2.63. The van der Waals surface area contributed by atoms with Crippen LogP contribution in [-0.2, 0) is 22.6 Å². The number of carbonyl (C=O) groups excluding carboxylic acids is 1. The number of hydrogen-bond donors (Lipinski definition) is 2. The van der Waals surface area contributed by atoms with Crippen molar-refractivity contribution in [3.63, 3.8) is 0 Å². The minimum atomic E-state index is -0.956. The molecule has 0 radical (unpaired) electrons. The Morgan fingerprint density at radius 3 is 2.60 bits per heavy atom. The maximum absolute atomic E-state index is 12.5. The van der Waals surface area contributed by atoms with Gasteiger partial charge in [0.25, 0.3) is 0 Å². The third-order valence-electron chi connectivity index (χ3n) is 5.37. The van der Waals surface area contributed by atoms with Crippen LogP contribution in [0.3, 0.4) is 0 Å². The molecule has 162 valence electrons. The molecule has 30 heavy (non-hydrogen) atoms. The number of aliphatic hydroxyl groups is 1. The lowest BCUT2D eigenvalue weighted by Crippen LogP contribution is -2.40. The van der Waals surface area contributed by atoms with Crippen LogP contribution < -0.4 is 4.90 Å². The second-order valence-electron chi connectivity index (χ2n) is 7.67. The Labute approximate surface area is 181 Å². The molecule has 2 heterocycles. The summed E-state index contributed by atoms with van der Waals surface area (Å²) in [4.78, 5) is 26.2. The molecule has 0 saturated carbocycles. The standard InChI is InChI=1S/C23H29NO5S/c1-2-3-4-5-6-16-7-9-17(10-8-16)24-19(20(25)13-22(24)26)15-29-14-18-11-12-21(30-18)23(27)28/h7-12,19-20,25H,2-6,13-15H2,1H3,(H,27,28)/t19?,20-/m1/s1. The Balaban J connectivity index is 1.58. The first kappa shape index (κ1) is 22.5. The van der Waals surface area contributed by atoms with Crippen molar-refractivity contribution in [2.24, 2.45) is 0 Å². The molecule has 0 spiro atoms. The second kappa shape index (κ2) is 10.7. The molecule has 6 nitrogen and oxygen atoms in total. The van der Waals surface area contributed by atoms with E-state index in [1.54, 1.807) is 17.0 Å². The number of aryl methyl sites for hydroxylation is 1. The molecule has 2 N–H and O–H groups in total. The number of carboxylic acid groups (broad SMARTS) is 1. The number of amides is 1. The predicted octanol–water partition coefficient (Wildman–Crippen LogP) is 4.25. The Kier molecular flexibility index (Phi) is 8.01. The van der Waals surface area contributed by atoms with E-state index in [1.165, 1.54) is 36.2 Å². The molecule has 2 aromatic rings. The van der Waals surface area contributed by atoms with E-state index in [9.17, 15) is 14.7 Å². The molecule has 1 aliphatic heterocycles. The fourth-order valence-electron chi connectivity index (χ4n) is 3.72. The molecule has 7 heteroatoms. The molecule has 1 aliphatic rings. The summed E-state index contributed by atoms with van der Waals surface area (Å²) in [5.41, 5.74) is 2.02. The Morgan fingerprint density at radius 2 is 1.93 bits per heavy atom. The molecule has 1 aromatic heterocycles. The normalized spacial score (nSPS) is 18.9. The third-order valence-corrected chi connectivity index (χ3v) is 6.41. The zero-order valence-corrected chi connectivity index (χ0v) is 18.1. The summed E-state index contributed by atoms with van der Waals surface area (Å²) in [7, 11) is 0. The van der Waals surface area contributed by atoms with E-state index in [2.05, 4.69) is 19.1 Å². The molecule has 1 saturated heterocycles. The quantitative estimate of drug-likeness (QED) is 0.519. The molecule has 0 bridgehead atoms. The van der Waals surface area contributed by atoms with Crippen LogP contribution in [0.4, 0.5) is 5.69 Å². The van der Waals surface area contributed by atoms with Crippen LogP contribution in [0.25, 0.3) is 0 Å². The SMILES string of the molecule is CCCCCCc1ccc(N2C(=O)C[C@@H](O)C2COCc2ccc(C(=O)O)s2)cc1. The molecular weight excluding hydrogens is 402 g/mol. The van der Waals surface area contributed by atoms with E-state index in [-0.39, 0.29) is 30.4 Å². The number of anilines is 1. The number of hydrogen-bond acceptors (Lipinski definition) is 5. The predicted molar refractivity (Wildman–Crippen MR) is 117 cm³/mol. The van der Waals surface area contributed by atoms with Crippen LogP contribution in [0.2, 0.25) is 0 Å². The Bertz CT molecular complexity index is 848. The average molecular weight is 432 g/mol. The Hall–Kier alpha value is -2.22. The monoisotopic (exact) mass is 431 g/mol. The van der Waals surface area contributed by atoms with Crippen molar-refractivity contribution in [1.82, 2.24) is 0 Å². The average Bonchev–Trinajstić information content (AvgIpc) is 3.31. The first-order valence-corrected chi connectivity index (χ1v) is 11.3. The van der Waals surface area contributed by atoms with Gasteiger partial charge in [0.15, 0.2) is 0 Å². The highest BCUT2D eigenvalue weighted by molar-refractivity contribution is 7.13. The maximum Gasteiger partial charge on any atom is 0.345 e. The van der Waals surface area contributed by atoms with Crippen LogP contribution in [0.15, 0.2) is 36.4 Å². The van der Waals surface area contributed by atoms with Gasteiger partial charge >= 0.3 is 5.97 Å². The summed E-state index contributed by atoms with van der Waals surface area (Å²) in [5.74, 6) is -1.07. The van der Waals surface area contributed by atoms with Crippen LogP contribution >= 0.6 is 11.3 Å². The summed E-state index contributed by atoms with van der Waals surface area (Å²) < 4.78 is 5.73. The first-order valence-electron chi connectivity index (χ1n) is 10.5. The lowest BCUT2D eigenvalue weighted by Gasteiger charge is -2.26. The van der Waals surface area contributed by atoms with Gasteiger partial charge in [-0.15, -0.1) is 11.3 Å². The maximum atomic E-state index is 12.5. The van der Waals surface area contributed by atoms with Crippen molar-refractivity contribution in [1.29, 1.82) is 0 Å². The number of carbonyl (C=O) groups is 2. The number of ether oxygens (including phenoxy) is 1. The van der Waals surface area contributed by atoms with Crippen LogP contribution in [0.5, 0.6) is 0 Å². The minimum absolute atomic E-state index is 0.0783. The van der Waals surface area contributed by atoms with Gasteiger partial charge in [-0.2, -0.15) is 0 Å².